The van der Waals surface area contributed by atoms with Gasteiger partial charge in [-0.15, -0.1) is 0 Å². The molecule has 0 saturated heterocycles. The Morgan fingerprint density at radius 2 is 1.59 bits per heavy atom. The third-order valence-electron chi connectivity index (χ3n) is 2.06. The predicted molar refractivity (Wildman–Crippen MR) is 71.9 cm³/mol. The topological polar surface area (TPSA) is 51.8 Å². The van der Waals surface area contributed by atoms with E-state index in [1.54, 1.807) is 6.07 Å². The maximum atomic E-state index is 6.09. The Hall–Kier alpha value is -0.740. The molecule has 88 valence electrons. The number of benzene rings is 1. The number of rotatable bonds is 1. The first-order valence-corrected chi connectivity index (χ1v) is 5.92. The zero-order chi connectivity index (χ0) is 12.6. The Labute approximate surface area is 117 Å². The van der Waals surface area contributed by atoms with E-state index in [1.807, 2.05) is 0 Å². The van der Waals surface area contributed by atoms with E-state index < -0.39 is 0 Å². The van der Waals surface area contributed by atoms with Gasteiger partial charge < -0.3 is 5.73 Å². The molecule has 0 atom stereocenters. The molecule has 0 aliphatic rings. The number of anilines is 1. The molecule has 17 heavy (non-hydrogen) atoms. The fourth-order valence-corrected chi connectivity index (χ4v) is 2.42. The van der Waals surface area contributed by atoms with Crippen molar-refractivity contribution >= 4 is 52.2 Å². The van der Waals surface area contributed by atoms with Crippen LogP contribution in [0.5, 0.6) is 0 Å². The van der Waals surface area contributed by atoms with Crippen LogP contribution >= 0.6 is 46.4 Å². The molecule has 7 heteroatoms. The minimum Gasteiger partial charge on any atom is -0.384 e. The Bertz CT molecular complexity index is 586. The van der Waals surface area contributed by atoms with E-state index in [9.17, 15) is 0 Å². The van der Waals surface area contributed by atoms with Crippen LogP contribution in [0.25, 0.3) is 11.3 Å². The summed E-state index contributed by atoms with van der Waals surface area (Å²) in [7, 11) is 0. The van der Waals surface area contributed by atoms with E-state index in [-0.39, 0.29) is 15.1 Å². The second-order valence-electron chi connectivity index (χ2n) is 3.17. The lowest BCUT2D eigenvalue weighted by atomic mass is 10.1. The summed E-state index contributed by atoms with van der Waals surface area (Å²) in [5.41, 5.74) is 6.54. The van der Waals surface area contributed by atoms with Gasteiger partial charge in [-0.05, 0) is 6.07 Å². The number of nitrogens with zero attached hydrogens (tertiary/aromatic N) is 2. The number of hydrogen-bond donors (Lipinski definition) is 1. The van der Waals surface area contributed by atoms with Crippen LogP contribution < -0.4 is 5.73 Å². The normalized spacial score (nSPS) is 10.6. The van der Waals surface area contributed by atoms with Crippen molar-refractivity contribution in [3.8, 4) is 11.3 Å². The van der Waals surface area contributed by atoms with E-state index in [2.05, 4.69) is 9.97 Å². The molecule has 0 aliphatic heterocycles. The summed E-state index contributed by atoms with van der Waals surface area (Å²) in [5, 5.41) is 1.10. The Morgan fingerprint density at radius 1 is 0.882 bits per heavy atom. The van der Waals surface area contributed by atoms with Crippen molar-refractivity contribution in [2.24, 2.45) is 0 Å². The molecule has 1 aromatic heterocycles. The molecule has 0 saturated carbocycles. The van der Waals surface area contributed by atoms with Crippen molar-refractivity contribution in [3.05, 3.63) is 38.6 Å². The van der Waals surface area contributed by atoms with E-state index in [0.717, 1.165) is 0 Å². The largest absolute Gasteiger partial charge is 0.384 e. The molecule has 0 amide bonds. The zero-order valence-corrected chi connectivity index (χ0v) is 11.2. The number of aromatic nitrogens is 2. The van der Waals surface area contributed by atoms with Crippen molar-refractivity contribution in [1.82, 2.24) is 9.97 Å². The smallest absolute Gasteiger partial charge is 0.127 e. The van der Waals surface area contributed by atoms with Gasteiger partial charge in [0.15, 0.2) is 0 Å². The quantitative estimate of drug-likeness (QED) is 0.630. The maximum Gasteiger partial charge on any atom is 0.127 e. The van der Waals surface area contributed by atoms with Crippen LogP contribution in [-0.2, 0) is 0 Å². The Kier molecular flexibility index (Phi) is 3.64. The van der Waals surface area contributed by atoms with Gasteiger partial charge in [-0.2, -0.15) is 0 Å². The molecule has 2 N–H and O–H groups in total. The van der Waals surface area contributed by atoms with E-state index in [4.69, 9.17) is 52.1 Å². The SMILES string of the molecule is Nc1cc(-c2c(Cl)cc(Cl)c(Cl)c2Cl)ncn1. The first-order chi connectivity index (χ1) is 8.00. The zero-order valence-electron chi connectivity index (χ0n) is 8.22. The highest BCUT2D eigenvalue weighted by molar-refractivity contribution is 6.51. The molecular formula is C10H5Cl4N3. The summed E-state index contributed by atoms with van der Waals surface area (Å²) in [4.78, 5) is 7.83. The number of nitrogens with two attached hydrogens (primary N) is 1. The van der Waals surface area contributed by atoms with Gasteiger partial charge in [0.1, 0.15) is 12.1 Å². The molecule has 0 radical (unpaired) electrons. The third kappa shape index (κ3) is 2.43. The molecule has 0 spiro atoms. The highest BCUT2D eigenvalue weighted by Crippen LogP contribution is 2.42. The first kappa shape index (κ1) is 12.7. The molecule has 0 aliphatic carbocycles. The van der Waals surface area contributed by atoms with Gasteiger partial charge >= 0.3 is 0 Å². The minimum absolute atomic E-state index is 0.227. The van der Waals surface area contributed by atoms with Crippen LogP contribution in [-0.4, -0.2) is 9.97 Å². The minimum atomic E-state index is 0.227. The van der Waals surface area contributed by atoms with Gasteiger partial charge in [0.05, 0.1) is 25.8 Å². The van der Waals surface area contributed by atoms with Crippen molar-refractivity contribution in [3.63, 3.8) is 0 Å². The molecular weight excluding hydrogens is 304 g/mol. The summed E-state index contributed by atoms with van der Waals surface area (Å²) in [6, 6.07) is 3.06. The standard InChI is InChI=1S/C10H5Cl4N3/c11-4-1-5(12)9(13)10(14)8(4)6-2-7(15)17-3-16-6/h1-3H,(H2,15,16,17). The van der Waals surface area contributed by atoms with Crippen molar-refractivity contribution in [2.45, 2.75) is 0 Å². The molecule has 0 unspecified atom stereocenters. The summed E-state index contributed by atoms with van der Waals surface area (Å²) < 4.78 is 0. The molecule has 2 rings (SSSR count). The summed E-state index contributed by atoms with van der Waals surface area (Å²) in [5.74, 6) is 0.313. The highest BCUT2D eigenvalue weighted by atomic mass is 35.5. The fraction of sp³-hybridized carbons (Fsp3) is 0. The molecule has 1 heterocycles. The summed E-state index contributed by atoms with van der Waals surface area (Å²) >= 11 is 24.0. The molecule has 0 bridgehead atoms. The van der Waals surface area contributed by atoms with Crippen LogP contribution in [0, 0.1) is 0 Å². The van der Waals surface area contributed by atoms with Gasteiger partial charge in [0.25, 0.3) is 0 Å². The van der Waals surface area contributed by atoms with Crippen LogP contribution in [0.15, 0.2) is 18.5 Å². The van der Waals surface area contributed by atoms with Gasteiger partial charge in [-0.1, -0.05) is 46.4 Å². The molecule has 1 aromatic carbocycles. The first-order valence-electron chi connectivity index (χ1n) is 4.41. The predicted octanol–water partition coefficient (Wildman–Crippen LogP) is 4.34. The molecule has 0 fully saturated rings. The molecule has 2 aromatic rings. The van der Waals surface area contributed by atoms with Crippen molar-refractivity contribution in [1.29, 1.82) is 0 Å². The fourth-order valence-electron chi connectivity index (χ4n) is 1.31. The van der Waals surface area contributed by atoms with Crippen molar-refractivity contribution < 1.29 is 0 Å². The summed E-state index contributed by atoms with van der Waals surface area (Å²) in [6.07, 6.45) is 1.32. The van der Waals surface area contributed by atoms with E-state index in [0.29, 0.717) is 22.1 Å². The van der Waals surface area contributed by atoms with Gasteiger partial charge in [-0.3, -0.25) is 0 Å². The van der Waals surface area contributed by atoms with Crippen LogP contribution in [0.4, 0.5) is 5.82 Å². The number of hydrogen-bond acceptors (Lipinski definition) is 3. The van der Waals surface area contributed by atoms with Gasteiger partial charge in [0.2, 0.25) is 0 Å². The van der Waals surface area contributed by atoms with E-state index in [1.165, 1.54) is 12.4 Å². The highest BCUT2D eigenvalue weighted by Gasteiger charge is 2.16. The number of nitrogen functional groups attached to an aromatic ring is 1. The average molecular weight is 309 g/mol. The van der Waals surface area contributed by atoms with Crippen LogP contribution in [0.1, 0.15) is 0 Å². The lowest BCUT2D eigenvalue weighted by Gasteiger charge is -2.09. The summed E-state index contributed by atoms with van der Waals surface area (Å²) in [6.45, 7) is 0. The van der Waals surface area contributed by atoms with Crippen molar-refractivity contribution in [2.75, 3.05) is 5.73 Å². The molecule has 3 nitrogen and oxygen atoms in total. The third-order valence-corrected chi connectivity index (χ3v) is 3.62. The van der Waals surface area contributed by atoms with E-state index >= 15 is 0 Å². The second-order valence-corrected chi connectivity index (χ2v) is 4.74. The monoisotopic (exact) mass is 307 g/mol. The number of halogens is 4. The average Bonchev–Trinajstić information content (AvgIpc) is 2.26. The van der Waals surface area contributed by atoms with Gasteiger partial charge in [0, 0.05) is 11.6 Å². The second kappa shape index (κ2) is 4.86. The Morgan fingerprint density at radius 3 is 2.24 bits per heavy atom. The van der Waals surface area contributed by atoms with Crippen LogP contribution in [0.2, 0.25) is 20.1 Å². The Balaban J connectivity index is 2.72. The maximum absolute atomic E-state index is 6.09. The van der Waals surface area contributed by atoms with Crippen LogP contribution in [0.3, 0.4) is 0 Å². The lowest BCUT2D eigenvalue weighted by molar-refractivity contribution is 1.18. The lowest BCUT2D eigenvalue weighted by Crippen LogP contribution is -1.94. The van der Waals surface area contributed by atoms with Gasteiger partial charge in [-0.25, -0.2) is 9.97 Å².